The smallest absolute Gasteiger partial charge is 0.236 e. The molecule has 2 amide bonds. The van der Waals surface area contributed by atoms with Crippen LogP contribution in [0.15, 0.2) is 24.3 Å². The molecule has 0 saturated carbocycles. The Balaban J connectivity index is 1.81. The number of carbonyl (C=O) groups is 2. The molecule has 6 heteroatoms. The van der Waals surface area contributed by atoms with E-state index in [9.17, 15) is 9.59 Å². The van der Waals surface area contributed by atoms with Gasteiger partial charge >= 0.3 is 0 Å². The summed E-state index contributed by atoms with van der Waals surface area (Å²) in [6, 6.07) is 7.82. The predicted octanol–water partition coefficient (Wildman–Crippen LogP) is 1.25. The summed E-state index contributed by atoms with van der Waals surface area (Å²) >= 11 is 0. The Hall–Kier alpha value is -2.08. The number of hydrogen-bond acceptors (Lipinski definition) is 4. The number of hydrogen-bond donors (Lipinski definition) is 0. The van der Waals surface area contributed by atoms with Gasteiger partial charge in [0, 0.05) is 39.3 Å². The summed E-state index contributed by atoms with van der Waals surface area (Å²) in [5.74, 6) is 1.02. The van der Waals surface area contributed by atoms with Crippen molar-refractivity contribution in [1.82, 2.24) is 14.7 Å². The highest BCUT2D eigenvalue weighted by Crippen LogP contribution is 2.14. The van der Waals surface area contributed by atoms with Crippen LogP contribution in [0.4, 0.5) is 0 Å². The Morgan fingerprint density at radius 3 is 2.48 bits per heavy atom. The molecule has 0 bridgehead atoms. The van der Waals surface area contributed by atoms with E-state index in [4.69, 9.17) is 4.74 Å². The molecule has 0 radical (unpaired) electrons. The summed E-state index contributed by atoms with van der Waals surface area (Å²) in [4.78, 5) is 30.4. The molecule has 0 aromatic heterocycles. The minimum Gasteiger partial charge on any atom is -0.497 e. The minimum absolute atomic E-state index is 0.124. The van der Waals surface area contributed by atoms with Gasteiger partial charge in [0.1, 0.15) is 5.75 Å². The van der Waals surface area contributed by atoms with Crippen LogP contribution < -0.4 is 4.74 Å². The van der Waals surface area contributed by atoms with Crippen LogP contribution in [0.25, 0.3) is 0 Å². The van der Waals surface area contributed by atoms with Gasteiger partial charge in [-0.2, -0.15) is 0 Å². The quantitative estimate of drug-likeness (QED) is 0.777. The topological polar surface area (TPSA) is 53.1 Å². The van der Waals surface area contributed by atoms with E-state index in [0.29, 0.717) is 26.1 Å². The van der Waals surface area contributed by atoms with E-state index in [0.717, 1.165) is 24.4 Å². The largest absolute Gasteiger partial charge is 0.497 e. The maximum absolute atomic E-state index is 12.5. The van der Waals surface area contributed by atoms with E-state index < -0.39 is 0 Å². The van der Waals surface area contributed by atoms with Crippen LogP contribution in [0.3, 0.4) is 0 Å². The number of methoxy groups -OCH3 is 1. The Labute approximate surface area is 150 Å². The normalized spacial score (nSPS) is 15.3. The molecule has 0 unspecified atom stereocenters. The molecule has 0 aliphatic carbocycles. The summed E-state index contributed by atoms with van der Waals surface area (Å²) in [6.45, 7) is 7.25. The lowest BCUT2D eigenvalue weighted by Crippen LogP contribution is -2.52. The number of piperazine rings is 1. The van der Waals surface area contributed by atoms with Crippen LogP contribution in [0.2, 0.25) is 0 Å². The highest BCUT2D eigenvalue weighted by molar-refractivity contribution is 5.79. The average molecular weight is 347 g/mol. The summed E-state index contributed by atoms with van der Waals surface area (Å²) < 4.78 is 5.20. The van der Waals surface area contributed by atoms with Crippen molar-refractivity contribution in [3.63, 3.8) is 0 Å². The van der Waals surface area contributed by atoms with Crippen molar-refractivity contribution in [1.29, 1.82) is 0 Å². The monoisotopic (exact) mass is 347 g/mol. The maximum Gasteiger partial charge on any atom is 0.236 e. The summed E-state index contributed by atoms with van der Waals surface area (Å²) in [5.41, 5.74) is 0.959. The molecule has 1 aromatic carbocycles. The fourth-order valence-corrected chi connectivity index (χ4v) is 2.82. The molecule has 0 spiro atoms. The lowest BCUT2D eigenvalue weighted by atomic mass is 10.1. The number of amides is 2. The molecule has 1 fully saturated rings. The average Bonchev–Trinajstić information content (AvgIpc) is 2.61. The Morgan fingerprint density at radius 2 is 1.88 bits per heavy atom. The molecular formula is C19H29N3O3. The first-order valence-electron chi connectivity index (χ1n) is 8.79. The van der Waals surface area contributed by atoms with Crippen LogP contribution >= 0.6 is 0 Å². The Kier molecular flexibility index (Phi) is 6.82. The minimum atomic E-state index is 0.124. The number of carbonyl (C=O) groups excluding carboxylic acids is 2. The molecule has 1 saturated heterocycles. The summed E-state index contributed by atoms with van der Waals surface area (Å²) in [7, 11) is 3.46. The zero-order valence-electron chi connectivity index (χ0n) is 15.7. The molecule has 138 valence electrons. The van der Waals surface area contributed by atoms with Crippen LogP contribution in [0.5, 0.6) is 5.75 Å². The Morgan fingerprint density at radius 1 is 1.20 bits per heavy atom. The van der Waals surface area contributed by atoms with Crippen molar-refractivity contribution in [3.8, 4) is 5.75 Å². The van der Waals surface area contributed by atoms with Gasteiger partial charge in [-0.05, 0) is 31.5 Å². The second-order valence-corrected chi connectivity index (χ2v) is 6.78. The lowest BCUT2D eigenvalue weighted by molar-refractivity contribution is -0.134. The van der Waals surface area contributed by atoms with Gasteiger partial charge < -0.3 is 14.5 Å². The van der Waals surface area contributed by atoms with Gasteiger partial charge in [-0.25, -0.2) is 0 Å². The van der Waals surface area contributed by atoms with Crippen molar-refractivity contribution in [2.45, 2.75) is 26.3 Å². The van der Waals surface area contributed by atoms with Crippen LogP contribution in [-0.4, -0.2) is 79.4 Å². The van der Waals surface area contributed by atoms with Crippen molar-refractivity contribution >= 4 is 11.8 Å². The van der Waals surface area contributed by atoms with E-state index in [1.807, 2.05) is 50.1 Å². The first kappa shape index (κ1) is 19.2. The second kappa shape index (κ2) is 8.85. The fraction of sp³-hybridized carbons (Fsp3) is 0.579. The molecule has 1 aliphatic rings. The maximum atomic E-state index is 12.5. The molecule has 25 heavy (non-hydrogen) atoms. The zero-order chi connectivity index (χ0) is 18.4. The third-order valence-corrected chi connectivity index (χ3v) is 4.74. The van der Waals surface area contributed by atoms with Crippen LogP contribution in [0.1, 0.15) is 19.4 Å². The van der Waals surface area contributed by atoms with Gasteiger partial charge in [0.25, 0.3) is 0 Å². The van der Waals surface area contributed by atoms with E-state index in [2.05, 4.69) is 4.90 Å². The molecule has 2 rings (SSSR count). The van der Waals surface area contributed by atoms with Crippen LogP contribution in [-0.2, 0) is 16.0 Å². The van der Waals surface area contributed by atoms with Crippen LogP contribution in [0, 0.1) is 0 Å². The zero-order valence-corrected chi connectivity index (χ0v) is 15.7. The number of nitrogens with zero attached hydrogens (tertiary/aromatic N) is 3. The van der Waals surface area contributed by atoms with Crippen molar-refractivity contribution < 1.29 is 14.3 Å². The highest BCUT2D eigenvalue weighted by Gasteiger charge is 2.24. The highest BCUT2D eigenvalue weighted by atomic mass is 16.5. The number of benzene rings is 1. The lowest BCUT2D eigenvalue weighted by Gasteiger charge is -2.35. The van der Waals surface area contributed by atoms with E-state index in [1.165, 1.54) is 0 Å². The molecule has 0 atom stereocenters. The van der Waals surface area contributed by atoms with Gasteiger partial charge in [-0.3, -0.25) is 14.5 Å². The van der Waals surface area contributed by atoms with Gasteiger partial charge in [-0.15, -0.1) is 0 Å². The van der Waals surface area contributed by atoms with Crippen molar-refractivity contribution in [2.24, 2.45) is 0 Å². The van der Waals surface area contributed by atoms with Gasteiger partial charge in [0.2, 0.25) is 11.8 Å². The third kappa shape index (κ3) is 5.46. The molecule has 1 aliphatic heterocycles. The third-order valence-electron chi connectivity index (χ3n) is 4.74. The van der Waals surface area contributed by atoms with Crippen molar-refractivity contribution in [2.75, 3.05) is 46.9 Å². The number of ether oxygens (including phenoxy) is 1. The van der Waals surface area contributed by atoms with Crippen molar-refractivity contribution in [3.05, 3.63) is 29.8 Å². The van der Waals surface area contributed by atoms with Gasteiger partial charge in [0.05, 0.1) is 20.1 Å². The predicted molar refractivity (Wildman–Crippen MR) is 97.6 cm³/mol. The molecule has 6 nitrogen and oxygen atoms in total. The van der Waals surface area contributed by atoms with E-state index in [1.54, 1.807) is 12.0 Å². The molecule has 0 N–H and O–H groups in total. The second-order valence-electron chi connectivity index (χ2n) is 6.78. The first-order chi connectivity index (χ1) is 11.9. The molecule has 1 heterocycles. The molecule has 1 aromatic rings. The van der Waals surface area contributed by atoms with E-state index in [-0.39, 0.29) is 17.9 Å². The van der Waals surface area contributed by atoms with Gasteiger partial charge in [0.15, 0.2) is 0 Å². The standard InChI is InChI=1S/C19H29N3O3/c1-15(2)20(3)19(24)14-21-8-10-22(11-9-21)18(23)13-16-6-5-7-17(12-16)25-4/h5-7,12,15H,8-11,13-14H2,1-4H3. The fourth-order valence-electron chi connectivity index (χ4n) is 2.82. The number of likely N-dealkylation sites (N-methyl/N-ethyl adjacent to an activating group) is 1. The summed E-state index contributed by atoms with van der Waals surface area (Å²) in [6.07, 6.45) is 0.381. The first-order valence-corrected chi connectivity index (χ1v) is 8.79. The molecular weight excluding hydrogens is 318 g/mol. The Bertz CT molecular complexity index is 595. The van der Waals surface area contributed by atoms with E-state index >= 15 is 0 Å². The number of rotatable bonds is 6. The SMILES string of the molecule is COc1cccc(CC(=O)N2CCN(CC(=O)N(C)C(C)C)CC2)c1. The van der Waals surface area contributed by atoms with Gasteiger partial charge in [-0.1, -0.05) is 12.1 Å². The summed E-state index contributed by atoms with van der Waals surface area (Å²) in [5, 5.41) is 0.